The predicted octanol–water partition coefficient (Wildman–Crippen LogP) is 3.31. The minimum absolute atomic E-state index is 0.00866. The SMILES string of the molecule is [2H]C([2H])([2H])O[C@@H]1[C@H](OP(OCCC#N)N(C(C)C)C(C)C)[C@@H](OCP(=O)(OCC)OCC)O[C@H]1n1ccc(=O)[nH]c1=O. The maximum Gasteiger partial charge on any atom is 0.356 e. The van der Waals surface area contributed by atoms with Crippen LogP contribution in [0.3, 0.4) is 0 Å². The third kappa shape index (κ3) is 9.26. The number of aromatic amines is 1. The van der Waals surface area contributed by atoms with E-state index in [0.29, 0.717) is 0 Å². The van der Waals surface area contributed by atoms with Crippen LogP contribution in [0.1, 0.15) is 58.3 Å². The van der Waals surface area contributed by atoms with Gasteiger partial charge in [0.25, 0.3) is 14.1 Å². The fourth-order valence-electron chi connectivity index (χ4n) is 3.90. The van der Waals surface area contributed by atoms with Gasteiger partial charge in [-0.05, 0) is 41.5 Å². The van der Waals surface area contributed by atoms with Crippen LogP contribution in [0.25, 0.3) is 0 Å². The van der Waals surface area contributed by atoms with Gasteiger partial charge in [-0.15, -0.1) is 0 Å². The molecule has 1 aliphatic rings. The van der Waals surface area contributed by atoms with Crippen LogP contribution in [0.5, 0.6) is 0 Å². The average Bonchev–Trinajstić information content (AvgIpc) is 3.18. The zero-order valence-corrected chi connectivity index (χ0v) is 24.8. The summed E-state index contributed by atoms with van der Waals surface area (Å²) in [6.45, 7) is 11.0. The fourth-order valence-corrected chi connectivity index (χ4v) is 6.97. The Morgan fingerprint density at radius 1 is 1.23 bits per heavy atom. The van der Waals surface area contributed by atoms with Crippen LogP contribution >= 0.6 is 16.1 Å². The van der Waals surface area contributed by atoms with E-state index >= 15 is 0 Å². The standard InChI is InChI=1S/C23H40N4O10P2/c1-8-34-39(30,35-9-2)15-32-22-20(37-38(33-14-10-12-24)27(16(3)4)17(5)6)19(31-7)21(36-22)26-13-11-18(28)25-23(26)29/h11,13,16-17,19-22H,8-10,14-15H2,1-7H3,(H,25,28,29)/t19-,20+,21-,22+,38?/m1/s1/i7D3. The second-order valence-electron chi connectivity index (χ2n) is 8.85. The monoisotopic (exact) mass is 597 g/mol. The maximum atomic E-state index is 13.2. The molecule has 16 heteroatoms. The second kappa shape index (κ2) is 16.1. The highest BCUT2D eigenvalue weighted by molar-refractivity contribution is 7.53. The Kier molecular flexibility index (Phi) is 12.0. The Labute approximate surface area is 234 Å². The number of hydrogen-bond acceptors (Lipinski definition) is 12. The molecule has 222 valence electrons. The van der Waals surface area contributed by atoms with Gasteiger partial charge in [-0.25, -0.2) is 9.46 Å². The lowest BCUT2D eigenvalue weighted by atomic mass is 10.2. The first-order valence-electron chi connectivity index (χ1n) is 14.1. The lowest BCUT2D eigenvalue weighted by Crippen LogP contribution is -2.41. The Hall–Kier alpha value is -1.49. The molecule has 1 aromatic rings. The average molecular weight is 598 g/mol. The first kappa shape index (κ1) is 29.0. The summed E-state index contributed by atoms with van der Waals surface area (Å²) in [5.74, 6) is 0. The highest BCUT2D eigenvalue weighted by Crippen LogP contribution is 2.52. The van der Waals surface area contributed by atoms with Gasteiger partial charge in [0.1, 0.15) is 12.2 Å². The third-order valence-corrected chi connectivity index (χ3v) is 9.23. The maximum absolute atomic E-state index is 13.2. The molecule has 0 saturated carbocycles. The van der Waals surface area contributed by atoms with Crippen LogP contribution in [-0.2, 0) is 36.9 Å². The fraction of sp³-hybridized carbons (Fsp3) is 0.783. The first-order chi connectivity index (χ1) is 19.7. The largest absolute Gasteiger partial charge is 0.374 e. The molecule has 1 N–H and O–H groups in total. The van der Waals surface area contributed by atoms with Crippen molar-refractivity contribution in [1.29, 1.82) is 5.26 Å². The zero-order valence-electron chi connectivity index (χ0n) is 26.0. The number of methoxy groups -OCH3 is 1. The van der Waals surface area contributed by atoms with Gasteiger partial charge in [0.2, 0.25) is 0 Å². The lowest BCUT2D eigenvalue weighted by molar-refractivity contribution is -0.166. The van der Waals surface area contributed by atoms with Crippen molar-refractivity contribution in [2.24, 2.45) is 0 Å². The van der Waals surface area contributed by atoms with Gasteiger partial charge in [0, 0.05) is 31.4 Å². The molecule has 1 aromatic heterocycles. The number of nitrogens with one attached hydrogen (secondary N) is 1. The lowest BCUT2D eigenvalue weighted by Gasteiger charge is -2.38. The summed E-state index contributed by atoms with van der Waals surface area (Å²) >= 11 is 0. The van der Waals surface area contributed by atoms with Crippen LogP contribution in [0.4, 0.5) is 0 Å². The van der Waals surface area contributed by atoms with E-state index in [1.807, 2.05) is 38.4 Å². The van der Waals surface area contributed by atoms with E-state index < -0.39 is 65.5 Å². The molecule has 0 bridgehead atoms. The van der Waals surface area contributed by atoms with Crippen molar-refractivity contribution in [2.75, 3.05) is 33.2 Å². The molecular weight excluding hydrogens is 554 g/mol. The molecule has 2 heterocycles. The van der Waals surface area contributed by atoms with Gasteiger partial charge in [-0.2, -0.15) is 5.26 Å². The Morgan fingerprint density at radius 2 is 1.90 bits per heavy atom. The van der Waals surface area contributed by atoms with Crippen LogP contribution in [0.15, 0.2) is 21.9 Å². The van der Waals surface area contributed by atoms with Crippen LogP contribution in [0, 0.1) is 11.3 Å². The zero-order chi connectivity index (χ0) is 31.7. The topological polar surface area (TPSA) is 164 Å². The van der Waals surface area contributed by atoms with Gasteiger partial charge in [0.05, 0.1) is 36.4 Å². The summed E-state index contributed by atoms with van der Waals surface area (Å²) < 4.78 is 79.6. The molecule has 1 saturated heterocycles. The Morgan fingerprint density at radius 3 is 2.44 bits per heavy atom. The molecule has 1 aliphatic heterocycles. The molecule has 0 aliphatic carbocycles. The van der Waals surface area contributed by atoms with E-state index in [-0.39, 0.29) is 38.3 Å². The smallest absolute Gasteiger partial charge is 0.356 e. The van der Waals surface area contributed by atoms with Gasteiger partial charge >= 0.3 is 13.3 Å². The second-order valence-corrected chi connectivity index (χ2v) is 12.3. The molecule has 14 nitrogen and oxygen atoms in total. The molecule has 5 atom stereocenters. The number of nitrogens with zero attached hydrogens (tertiary/aromatic N) is 3. The quantitative estimate of drug-likeness (QED) is 0.206. The van der Waals surface area contributed by atoms with Crippen molar-refractivity contribution in [3.05, 3.63) is 33.1 Å². The van der Waals surface area contributed by atoms with E-state index in [0.717, 1.165) is 16.8 Å². The Balaban J connectivity index is 2.62. The van der Waals surface area contributed by atoms with Crippen LogP contribution in [0.2, 0.25) is 0 Å². The minimum Gasteiger partial charge on any atom is -0.374 e. The van der Waals surface area contributed by atoms with Gasteiger partial charge in [0.15, 0.2) is 18.9 Å². The third-order valence-electron chi connectivity index (χ3n) is 5.33. The van der Waals surface area contributed by atoms with Crippen LogP contribution in [-0.4, -0.2) is 78.0 Å². The van der Waals surface area contributed by atoms with Gasteiger partial charge in [-0.3, -0.25) is 18.9 Å². The predicted molar refractivity (Wildman–Crippen MR) is 143 cm³/mol. The van der Waals surface area contributed by atoms with Gasteiger partial charge < -0.3 is 32.3 Å². The summed E-state index contributed by atoms with van der Waals surface area (Å²) in [5, 5.41) is 9.06. The summed E-state index contributed by atoms with van der Waals surface area (Å²) in [6.07, 6.45) is -5.25. The molecule has 2 rings (SSSR count). The molecule has 0 amide bonds. The van der Waals surface area contributed by atoms with E-state index in [1.165, 1.54) is 0 Å². The van der Waals surface area contributed by atoms with Crippen LogP contribution < -0.4 is 11.2 Å². The summed E-state index contributed by atoms with van der Waals surface area (Å²) in [6, 6.07) is 2.82. The minimum atomic E-state index is -3.77. The van der Waals surface area contributed by atoms with E-state index in [4.69, 9.17) is 41.7 Å². The number of nitriles is 1. The van der Waals surface area contributed by atoms with E-state index in [1.54, 1.807) is 13.8 Å². The summed E-state index contributed by atoms with van der Waals surface area (Å²) in [4.78, 5) is 26.5. The van der Waals surface area contributed by atoms with Crippen molar-refractivity contribution in [3.8, 4) is 6.07 Å². The molecule has 1 unspecified atom stereocenters. The molecule has 39 heavy (non-hydrogen) atoms. The molecule has 0 aromatic carbocycles. The molecule has 0 spiro atoms. The number of aromatic nitrogens is 2. The highest BCUT2D eigenvalue weighted by atomic mass is 31.2. The van der Waals surface area contributed by atoms with Crippen molar-refractivity contribution < 1.29 is 41.0 Å². The summed E-state index contributed by atoms with van der Waals surface area (Å²) in [5.41, 5.74) is -1.59. The number of H-pyrrole nitrogens is 1. The highest BCUT2D eigenvalue weighted by Gasteiger charge is 2.51. The molecule has 1 fully saturated rings. The van der Waals surface area contributed by atoms with Crippen molar-refractivity contribution >= 4 is 16.1 Å². The number of ether oxygens (including phenoxy) is 3. The van der Waals surface area contributed by atoms with E-state index in [2.05, 4.69) is 4.98 Å². The van der Waals surface area contributed by atoms with E-state index in [9.17, 15) is 14.2 Å². The van der Waals surface area contributed by atoms with Crippen molar-refractivity contribution in [2.45, 2.75) is 84.8 Å². The number of hydrogen-bond donors (Lipinski definition) is 1. The normalized spacial score (nSPS) is 24.1. The van der Waals surface area contributed by atoms with Crippen molar-refractivity contribution in [3.63, 3.8) is 0 Å². The molecule has 0 radical (unpaired) electrons. The van der Waals surface area contributed by atoms with Crippen molar-refractivity contribution in [1.82, 2.24) is 14.2 Å². The Bertz CT molecular complexity index is 1170. The van der Waals surface area contributed by atoms with Gasteiger partial charge in [-0.1, -0.05) is 0 Å². The first-order valence-corrected chi connectivity index (χ1v) is 15.4. The summed E-state index contributed by atoms with van der Waals surface area (Å²) in [7, 11) is -8.75. The molecular formula is C23H40N4O10P2. The number of rotatable bonds is 17.